The smallest absolute Gasteiger partial charge is 0.431 e. The number of rotatable bonds is 10. The van der Waals surface area contributed by atoms with Crippen LogP contribution in [0.1, 0.15) is 89.0 Å². The number of ether oxygens (including phenoxy) is 4. The van der Waals surface area contributed by atoms with E-state index in [1.165, 1.54) is 6.08 Å². The quantitative estimate of drug-likeness (QED) is 0.153. The molecule has 0 atom stereocenters. The molecule has 12 heteroatoms. The van der Waals surface area contributed by atoms with Gasteiger partial charge >= 0.3 is 24.4 Å². The minimum atomic E-state index is -1.42. The Bertz CT molecular complexity index is 798. The zero-order valence-corrected chi connectivity index (χ0v) is 24.6. The maximum Gasteiger partial charge on any atom is 0.431 e. The van der Waals surface area contributed by atoms with E-state index in [0.717, 1.165) is 21.2 Å². The molecule has 2 N–H and O–H groups in total. The van der Waals surface area contributed by atoms with E-state index in [-0.39, 0.29) is 0 Å². The Balaban J connectivity index is 6.77. The molecule has 4 amide bonds. The molecule has 0 heterocycles. The number of hydrogen-bond donors (Lipinski definition) is 2. The van der Waals surface area contributed by atoms with Crippen molar-refractivity contribution in [2.24, 2.45) is 0 Å². The first-order valence-electron chi connectivity index (χ1n) is 12.8. The molecule has 0 aliphatic heterocycles. The van der Waals surface area contributed by atoms with Gasteiger partial charge in [0.2, 0.25) is 0 Å². The molecule has 218 valence electrons. The average molecular weight is 543 g/mol. The zero-order valence-electron chi connectivity index (χ0n) is 24.6. The normalized spacial score (nSPS) is 11.4. The van der Waals surface area contributed by atoms with Crippen molar-refractivity contribution in [3.05, 3.63) is 23.3 Å². The lowest BCUT2D eigenvalue weighted by Gasteiger charge is -2.36. The Labute approximate surface area is 226 Å². The largest absolute Gasteiger partial charge is 0.446 e. The lowest BCUT2D eigenvalue weighted by Crippen LogP contribution is -2.64. The van der Waals surface area contributed by atoms with Crippen molar-refractivity contribution < 1.29 is 38.1 Å². The molecular formula is C26H46N4O8. The summed E-state index contributed by atoms with van der Waals surface area (Å²) in [4.78, 5) is 51.5. The van der Waals surface area contributed by atoms with Crippen LogP contribution in [0.25, 0.3) is 0 Å². The van der Waals surface area contributed by atoms with Crippen molar-refractivity contribution in [2.75, 3.05) is 0 Å². The molecule has 0 rings (SSSR count). The van der Waals surface area contributed by atoms with Crippen LogP contribution in [-0.4, -0.2) is 65.0 Å². The van der Waals surface area contributed by atoms with Gasteiger partial charge in [0.05, 0.1) is 24.4 Å². The van der Waals surface area contributed by atoms with Gasteiger partial charge in [0.25, 0.3) is 0 Å². The highest BCUT2D eigenvalue weighted by molar-refractivity contribution is 5.77. The summed E-state index contributed by atoms with van der Waals surface area (Å²) in [6.07, 6.45) is -2.66. The van der Waals surface area contributed by atoms with E-state index in [1.807, 2.05) is 19.9 Å². The van der Waals surface area contributed by atoms with Crippen LogP contribution < -0.4 is 10.9 Å². The molecule has 0 aromatic carbocycles. The minimum absolute atomic E-state index is 0.501. The van der Waals surface area contributed by atoms with Gasteiger partial charge < -0.3 is 18.9 Å². The molecule has 0 aliphatic carbocycles. The van der Waals surface area contributed by atoms with E-state index in [0.29, 0.717) is 12.8 Å². The molecule has 0 saturated heterocycles. The van der Waals surface area contributed by atoms with Gasteiger partial charge in [-0.2, -0.15) is 10.0 Å². The maximum atomic E-state index is 13.2. The highest BCUT2D eigenvalue weighted by atomic mass is 16.6. The Morgan fingerprint density at radius 1 is 0.658 bits per heavy atom. The second-order valence-corrected chi connectivity index (χ2v) is 9.98. The van der Waals surface area contributed by atoms with Crippen LogP contribution in [0, 0.1) is 0 Å². The van der Waals surface area contributed by atoms with Crippen LogP contribution in [0.15, 0.2) is 23.3 Å². The fourth-order valence-corrected chi connectivity index (χ4v) is 2.82. The van der Waals surface area contributed by atoms with E-state index in [9.17, 15) is 19.2 Å². The van der Waals surface area contributed by atoms with Gasteiger partial charge in [0.1, 0.15) is 0 Å². The van der Waals surface area contributed by atoms with Gasteiger partial charge in [-0.25, -0.2) is 30.0 Å². The fraction of sp³-hybridized carbons (Fsp3) is 0.692. The fourth-order valence-electron chi connectivity index (χ4n) is 2.82. The van der Waals surface area contributed by atoms with Crippen LogP contribution in [0.5, 0.6) is 0 Å². The first kappa shape index (κ1) is 34.6. The Morgan fingerprint density at radius 2 is 1.03 bits per heavy atom. The molecule has 0 unspecified atom stereocenters. The highest BCUT2D eigenvalue weighted by Crippen LogP contribution is 2.16. The van der Waals surface area contributed by atoms with Crippen LogP contribution in [0.2, 0.25) is 0 Å². The average Bonchev–Trinajstić information content (AvgIpc) is 2.72. The number of hydrogen-bond acceptors (Lipinski definition) is 8. The third-order valence-corrected chi connectivity index (χ3v) is 4.23. The standard InChI is InChI=1S/C26H46N4O8/c1-16(2)13-12-14-21(11)15-22(29(25(33)37-19(7)8)27-23(31)35-17(3)4)30(26(34)38-20(9)10)28-24(32)36-18(5)6/h13,15,17-20,22H,12,14H2,1-11H3,(H,27,31)(H,28,32)/b21-15+. The second-order valence-electron chi connectivity index (χ2n) is 9.98. The lowest BCUT2D eigenvalue weighted by atomic mass is 10.1. The molecule has 0 aromatic rings. The minimum Gasteiger partial charge on any atom is -0.446 e. The SMILES string of the molecule is CC(C)=CCC/C(C)=C/C(N(NC(=O)OC(C)C)C(=O)OC(C)C)N(NC(=O)OC(C)C)C(=O)OC(C)C. The third kappa shape index (κ3) is 15.0. The summed E-state index contributed by atoms with van der Waals surface area (Å²) in [5, 5.41) is 1.51. The van der Waals surface area contributed by atoms with Gasteiger partial charge in [-0.05, 0) is 95.1 Å². The van der Waals surface area contributed by atoms with Crippen molar-refractivity contribution in [2.45, 2.75) is 120 Å². The third-order valence-electron chi connectivity index (χ3n) is 4.23. The van der Waals surface area contributed by atoms with Crippen molar-refractivity contribution in [1.29, 1.82) is 0 Å². The van der Waals surface area contributed by atoms with Gasteiger partial charge in [-0.15, -0.1) is 0 Å². The van der Waals surface area contributed by atoms with Crippen LogP contribution in [0.3, 0.4) is 0 Å². The summed E-state index contributed by atoms with van der Waals surface area (Å²) in [5.41, 5.74) is 6.55. The van der Waals surface area contributed by atoms with Gasteiger partial charge in [0.15, 0.2) is 6.17 Å². The van der Waals surface area contributed by atoms with E-state index in [1.54, 1.807) is 62.3 Å². The second kappa shape index (κ2) is 17.1. The van der Waals surface area contributed by atoms with E-state index >= 15 is 0 Å². The Morgan fingerprint density at radius 3 is 1.34 bits per heavy atom. The molecule has 0 fully saturated rings. The maximum absolute atomic E-state index is 13.2. The van der Waals surface area contributed by atoms with Crippen LogP contribution in [-0.2, 0) is 18.9 Å². The van der Waals surface area contributed by atoms with Crippen molar-refractivity contribution in [3.8, 4) is 0 Å². The van der Waals surface area contributed by atoms with Crippen molar-refractivity contribution in [3.63, 3.8) is 0 Å². The van der Waals surface area contributed by atoms with E-state index < -0.39 is 55.0 Å². The number of carbonyl (C=O) groups is 4. The molecule has 0 radical (unpaired) electrons. The van der Waals surface area contributed by atoms with E-state index in [2.05, 4.69) is 10.9 Å². The number of nitrogens with zero attached hydrogens (tertiary/aromatic N) is 2. The molecule has 0 spiro atoms. The summed E-state index contributed by atoms with van der Waals surface area (Å²) in [6, 6.07) is 0. The summed E-state index contributed by atoms with van der Waals surface area (Å²) < 4.78 is 21.0. The molecule has 38 heavy (non-hydrogen) atoms. The van der Waals surface area contributed by atoms with Crippen LogP contribution >= 0.6 is 0 Å². The summed E-state index contributed by atoms with van der Waals surface area (Å²) in [5.74, 6) is 0. The topological polar surface area (TPSA) is 136 Å². The van der Waals surface area contributed by atoms with Crippen molar-refractivity contribution in [1.82, 2.24) is 20.9 Å². The van der Waals surface area contributed by atoms with Gasteiger partial charge in [0, 0.05) is 0 Å². The Kier molecular flexibility index (Phi) is 15.6. The molecule has 0 aromatic heterocycles. The number of allylic oxidation sites excluding steroid dienone is 3. The summed E-state index contributed by atoms with van der Waals surface area (Å²) in [6.45, 7) is 18.8. The summed E-state index contributed by atoms with van der Waals surface area (Å²) in [7, 11) is 0. The predicted molar refractivity (Wildman–Crippen MR) is 143 cm³/mol. The molecule has 0 saturated carbocycles. The zero-order chi connectivity index (χ0) is 29.6. The first-order chi connectivity index (χ1) is 17.5. The molecular weight excluding hydrogens is 496 g/mol. The number of carbonyl (C=O) groups excluding carboxylic acids is 4. The van der Waals surface area contributed by atoms with Crippen molar-refractivity contribution >= 4 is 24.4 Å². The predicted octanol–water partition coefficient (Wildman–Crippen LogP) is 5.80. The first-order valence-corrected chi connectivity index (χ1v) is 12.8. The molecule has 0 aliphatic rings. The number of hydrazine groups is 2. The van der Waals surface area contributed by atoms with Gasteiger partial charge in [-0.3, -0.25) is 0 Å². The van der Waals surface area contributed by atoms with Gasteiger partial charge in [-0.1, -0.05) is 17.2 Å². The van der Waals surface area contributed by atoms with E-state index in [4.69, 9.17) is 18.9 Å². The number of nitrogens with one attached hydrogen (secondary N) is 2. The monoisotopic (exact) mass is 542 g/mol. The highest BCUT2D eigenvalue weighted by Gasteiger charge is 2.37. The summed E-state index contributed by atoms with van der Waals surface area (Å²) >= 11 is 0. The Hall–Kier alpha value is -3.44. The number of amides is 4. The molecule has 0 bridgehead atoms. The van der Waals surface area contributed by atoms with Crippen LogP contribution in [0.4, 0.5) is 19.2 Å². The lowest BCUT2D eigenvalue weighted by molar-refractivity contribution is -0.0212. The molecule has 12 nitrogen and oxygen atoms in total.